The molecular formula is C26H44N2O5. The largest absolute Gasteiger partial charge is 0.469 e. The van der Waals surface area contributed by atoms with Crippen molar-refractivity contribution in [3.05, 3.63) is 23.8 Å². The van der Waals surface area contributed by atoms with E-state index in [2.05, 4.69) is 21.4 Å². The number of carbonyl (C=O) groups is 3. The smallest absolute Gasteiger partial charge is 0.316 e. The number of amides is 1. The molecule has 0 fully saturated rings. The van der Waals surface area contributed by atoms with Crippen molar-refractivity contribution in [3.8, 4) is 0 Å². The fourth-order valence-corrected chi connectivity index (χ4v) is 3.38. The third-order valence-corrected chi connectivity index (χ3v) is 5.51. The standard InChI is InChI=1S/C26H44N2O5/c1-25(2,3)33-24(31)26(4)16-14-21(15-17-26)20-27-18-10-11-19-28-22(29)12-8-6-7-9-13-23(30)32-5/h14-16,27H,6-13,17-20H2,1-5H3,(H,28,29). The molecule has 1 amide bonds. The number of esters is 2. The average molecular weight is 465 g/mol. The maximum Gasteiger partial charge on any atom is 0.316 e. The van der Waals surface area contributed by atoms with Crippen molar-refractivity contribution < 1.29 is 23.9 Å². The minimum Gasteiger partial charge on any atom is -0.469 e. The Balaban J connectivity index is 2.04. The van der Waals surface area contributed by atoms with Crippen LogP contribution in [0, 0.1) is 5.41 Å². The molecule has 7 nitrogen and oxygen atoms in total. The van der Waals surface area contributed by atoms with Gasteiger partial charge in [-0.15, -0.1) is 0 Å². The van der Waals surface area contributed by atoms with Crippen molar-refractivity contribution in [1.29, 1.82) is 0 Å². The molecule has 7 heteroatoms. The molecule has 2 N–H and O–H groups in total. The van der Waals surface area contributed by atoms with Gasteiger partial charge in [-0.05, 0) is 71.9 Å². The summed E-state index contributed by atoms with van der Waals surface area (Å²) in [5.41, 5.74) is 0.0972. The van der Waals surface area contributed by atoms with E-state index in [4.69, 9.17) is 4.74 Å². The molecule has 1 aliphatic carbocycles. The van der Waals surface area contributed by atoms with Gasteiger partial charge < -0.3 is 20.1 Å². The SMILES string of the molecule is COC(=O)CCCCCCC(=O)NCCCCNCC1=CCC(C)(C(=O)OC(C)(C)C)C=C1. The van der Waals surface area contributed by atoms with Crippen LogP contribution in [-0.2, 0) is 23.9 Å². The lowest BCUT2D eigenvalue weighted by Gasteiger charge is -2.30. The second-order valence-electron chi connectivity index (χ2n) is 9.96. The first-order valence-corrected chi connectivity index (χ1v) is 12.2. The van der Waals surface area contributed by atoms with Crippen molar-refractivity contribution in [1.82, 2.24) is 10.6 Å². The highest BCUT2D eigenvalue weighted by Crippen LogP contribution is 2.32. The highest BCUT2D eigenvalue weighted by molar-refractivity contribution is 5.80. The van der Waals surface area contributed by atoms with E-state index in [1.807, 2.05) is 39.8 Å². The van der Waals surface area contributed by atoms with E-state index in [1.165, 1.54) is 12.7 Å². The summed E-state index contributed by atoms with van der Waals surface area (Å²) in [6, 6.07) is 0. The number of unbranched alkanes of at least 4 members (excludes halogenated alkanes) is 4. The van der Waals surface area contributed by atoms with Crippen molar-refractivity contribution in [2.75, 3.05) is 26.7 Å². The van der Waals surface area contributed by atoms with Crippen LogP contribution in [0.2, 0.25) is 0 Å². The number of hydrogen-bond acceptors (Lipinski definition) is 6. The lowest BCUT2D eigenvalue weighted by Crippen LogP contribution is -2.35. The molecule has 1 aliphatic rings. The summed E-state index contributed by atoms with van der Waals surface area (Å²) in [6.07, 6.45) is 13.2. The first kappa shape index (κ1) is 28.9. The fourth-order valence-electron chi connectivity index (χ4n) is 3.38. The lowest BCUT2D eigenvalue weighted by molar-refractivity contribution is -0.163. The van der Waals surface area contributed by atoms with Crippen molar-refractivity contribution in [3.63, 3.8) is 0 Å². The van der Waals surface area contributed by atoms with E-state index in [0.717, 1.165) is 51.6 Å². The van der Waals surface area contributed by atoms with Gasteiger partial charge in [0.2, 0.25) is 5.91 Å². The Morgan fingerprint density at radius 1 is 1.00 bits per heavy atom. The van der Waals surface area contributed by atoms with Crippen LogP contribution in [0.5, 0.6) is 0 Å². The fraction of sp³-hybridized carbons (Fsp3) is 0.731. The van der Waals surface area contributed by atoms with Gasteiger partial charge in [0.05, 0.1) is 12.5 Å². The minimum atomic E-state index is -0.599. The molecule has 0 spiro atoms. The summed E-state index contributed by atoms with van der Waals surface area (Å²) in [7, 11) is 1.40. The minimum absolute atomic E-state index is 0.0986. The monoisotopic (exact) mass is 464 g/mol. The van der Waals surface area contributed by atoms with Crippen LogP contribution < -0.4 is 10.6 Å². The Morgan fingerprint density at radius 3 is 2.27 bits per heavy atom. The molecule has 0 saturated carbocycles. The molecule has 0 radical (unpaired) electrons. The number of nitrogens with one attached hydrogen (secondary N) is 2. The lowest BCUT2D eigenvalue weighted by atomic mass is 9.82. The highest BCUT2D eigenvalue weighted by atomic mass is 16.6. The summed E-state index contributed by atoms with van der Waals surface area (Å²) in [6.45, 7) is 9.91. The molecule has 0 heterocycles. The number of hydrogen-bond donors (Lipinski definition) is 2. The zero-order chi connectivity index (χ0) is 24.7. The van der Waals surface area contributed by atoms with E-state index < -0.39 is 11.0 Å². The molecule has 0 aromatic rings. The van der Waals surface area contributed by atoms with Crippen LogP contribution >= 0.6 is 0 Å². The topological polar surface area (TPSA) is 93.7 Å². The van der Waals surface area contributed by atoms with Gasteiger partial charge in [0.25, 0.3) is 0 Å². The van der Waals surface area contributed by atoms with Crippen molar-refractivity contribution in [2.24, 2.45) is 5.41 Å². The first-order chi connectivity index (χ1) is 15.6. The molecule has 0 saturated heterocycles. The van der Waals surface area contributed by atoms with Crippen molar-refractivity contribution >= 4 is 17.8 Å². The van der Waals surface area contributed by atoms with Gasteiger partial charge in [0.1, 0.15) is 5.60 Å². The van der Waals surface area contributed by atoms with Crippen LogP contribution in [0.15, 0.2) is 23.8 Å². The number of rotatable bonds is 15. The molecular weight excluding hydrogens is 420 g/mol. The maximum atomic E-state index is 12.4. The molecule has 0 aliphatic heterocycles. The summed E-state index contributed by atoms with van der Waals surface area (Å²) >= 11 is 0. The zero-order valence-electron chi connectivity index (χ0n) is 21.3. The van der Waals surface area contributed by atoms with E-state index in [0.29, 0.717) is 25.8 Å². The maximum absolute atomic E-state index is 12.4. The van der Waals surface area contributed by atoms with Crippen LogP contribution in [0.3, 0.4) is 0 Å². The third-order valence-electron chi connectivity index (χ3n) is 5.51. The third kappa shape index (κ3) is 13.2. The van der Waals surface area contributed by atoms with E-state index >= 15 is 0 Å². The molecule has 33 heavy (non-hydrogen) atoms. The summed E-state index contributed by atoms with van der Waals surface area (Å²) in [5, 5.41) is 6.39. The van der Waals surface area contributed by atoms with Gasteiger partial charge in [-0.3, -0.25) is 14.4 Å². The van der Waals surface area contributed by atoms with Crippen molar-refractivity contribution in [2.45, 2.75) is 91.1 Å². The molecule has 1 atom stereocenters. The summed E-state index contributed by atoms with van der Waals surface area (Å²) in [5.74, 6) is -0.257. The van der Waals surface area contributed by atoms with Gasteiger partial charge in [-0.1, -0.05) is 31.1 Å². The molecule has 1 unspecified atom stereocenters. The molecule has 188 valence electrons. The predicted octanol–water partition coefficient (Wildman–Crippen LogP) is 4.22. The number of ether oxygens (including phenoxy) is 2. The van der Waals surface area contributed by atoms with Gasteiger partial charge in [0.15, 0.2) is 0 Å². The van der Waals surface area contributed by atoms with Gasteiger partial charge in [-0.2, -0.15) is 0 Å². The molecule has 0 aromatic heterocycles. The Labute approximate surface area is 199 Å². The van der Waals surface area contributed by atoms with Gasteiger partial charge in [0, 0.05) is 25.9 Å². The Hall–Kier alpha value is -2.15. The molecule has 1 rings (SSSR count). The van der Waals surface area contributed by atoms with Crippen LogP contribution in [0.1, 0.15) is 85.5 Å². The highest BCUT2D eigenvalue weighted by Gasteiger charge is 2.35. The summed E-state index contributed by atoms with van der Waals surface area (Å²) < 4.78 is 10.1. The number of methoxy groups -OCH3 is 1. The van der Waals surface area contributed by atoms with Gasteiger partial charge >= 0.3 is 11.9 Å². The second-order valence-corrected chi connectivity index (χ2v) is 9.96. The molecule has 0 bridgehead atoms. The molecule has 0 aromatic carbocycles. The normalized spacial score (nSPS) is 17.9. The predicted molar refractivity (Wildman–Crippen MR) is 131 cm³/mol. The average Bonchev–Trinajstić information content (AvgIpc) is 2.75. The van der Waals surface area contributed by atoms with E-state index in [1.54, 1.807) is 0 Å². The number of allylic oxidation sites excluding steroid dienone is 1. The quantitative estimate of drug-likeness (QED) is 0.278. The van der Waals surface area contributed by atoms with Crippen LogP contribution in [0.4, 0.5) is 0 Å². The van der Waals surface area contributed by atoms with E-state index in [-0.39, 0.29) is 17.8 Å². The zero-order valence-corrected chi connectivity index (χ0v) is 21.3. The number of carbonyl (C=O) groups excluding carboxylic acids is 3. The van der Waals surface area contributed by atoms with Crippen LogP contribution in [-0.4, -0.2) is 50.2 Å². The first-order valence-electron chi connectivity index (χ1n) is 12.2. The summed E-state index contributed by atoms with van der Waals surface area (Å²) in [4.78, 5) is 35.3. The van der Waals surface area contributed by atoms with E-state index in [9.17, 15) is 14.4 Å². The Bertz CT molecular complexity index is 693. The second kappa shape index (κ2) is 14.9. The van der Waals surface area contributed by atoms with Gasteiger partial charge in [-0.25, -0.2) is 0 Å². The van der Waals surface area contributed by atoms with Crippen LogP contribution in [0.25, 0.3) is 0 Å². The Morgan fingerprint density at radius 2 is 1.67 bits per heavy atom. The Kier molecular flexibility index (Phi) is 13.0.